The molecular formula is C21H28N4O. The Morgan fingerprint density at radius 2 is 2.00 bits per heavy atom. The molecule has 4 rings (SSSR count). The van der Waals surface area contributed by atoms with Crippen LogP contribution < -0.4 is 15.0 Å². The predicted octanol–water partition coefficient (Wildman–Crippen LogP) is 3.43. The van der Waals surface area contributed by atoms with Gasteiger partial charge in [0.05, 0.1) is 6.04 Å². The molecule has 2 aliphatic heterocycles. The molecule has 0 amide bonds. The first-order chi connectivity index (χ1) is 12.7. The Morgan fingerprint density at radius 1 is 1.19 bits per heavy atom. The van der Waals surface area contributed by atoms with Crippen molar-refractivity contribution in [2.45, 2.75) is 51.6 Å². The minimum atomic E-state index is 0.320. The molecular weight excluding hydrogens is 324 g/mol. The van der Waals surface area contributed by atoms with Crippen molar-refractivity contribution in [2.75, 3.05) is 24.6 Å². The Labute approximate surface area is 155 Å². The molecule has 0 aliphatic carbocycles. The normalized spacial score (nSPS) is 20.1. The van der Waals surface area contributed by atoms with Crippen LogP contribution in [-0.2, 0) is 6.42 Å². The molecule has 1 aromatic carbocycles. The van der Waals surface area contributed by atoms with E-state index in [0.29, 0.717) is 12.1 Å². The topological polar surface area (TPSA) is 50.3 Å². The summed E-state index contributed by atoms with van der Waals surface area (Å²) in [5, 5.41) is 3.80. The van der Waals surface area contributed by atoms with Crippen LogP contribution in [0.2, 0.25) is 0 Å². The number of hydrogen-bond acceptors (Lipinski definition) is 5. The molecule has 1 aromatic heterocycles. The summed E-state index contributed by atoms with van der Waals surface area (Å²) in [7, 11) is 0. The number of rotatable bonds is 5. The average Bonchev–Trinajstić information content (AvgIpc) is 3.05. The van der Waals surface area contributed by atoms with Gasteiger partial charge < -0.3 is 15.0 Å². The van der Waals surface area contributed by atoms with Crippen LogP contribution in [0, 0.1) is 6.92 Å². The van der Waals surface area contributed by atoms with Gasteiger partial charge in [0.15, 0.2) is 0 Å². The summed E-state index contributed by atoms with van der Waals surface area (Å²) in [5.41, 5.74) is 2.46. The zero-order valence-electron chi connectivity index (χ0n) is 15.7. The van der Waals surface area contributed by atoms with Gasteiger partial charge in [-0.05, 0) is 32.3 Å². The zero-order chi connectivity index (χ0) is 17.9. The lowest BCUT2D eigenvalue weighted by molar-refractivity contribution is 0.284. The van der Waals surface area contributed by atoms with E-state index in [9.17, 15) is 0 Å². The van der Waals surface area contributed by atoms with Gasteiger partial charge in [0.1, 0.15) is 24.0 Å². The Bertz CT molecular complexity index is 755. The van der Waals surface area contributed by atoms with Gasteiger partial charge in [-0.3, -0.25) is 0 Å². The number of piperidine rings is 1. The number of ether oxygens (including phenoxy) is 1. The maximum Gasteiger partial charge on any atom is 0.132 e. The smallest absolute Gasteiger partial charge is 0.132 e. The van der Waals surface area contributed by atoms with Crippen LogP contribution in [0.25, 0.3) is 0 Å². The van der Waals surface area contributed by atoms with Gasteiger partial charge >= 0.3 is 0 Å². The highest BCUT2D eigenvalue weighted by molar-refractivity contribution is 5.41. The van der Waals surface area contributed by atoms with Gasteiger partial charge in [0.2, 0.25) is 0 Å². The second-order valence-electron chi connectivity index (χ2n) is 7.34. The van der Waals surface area contributed by atoms with Crippen molar-refractivity contribution in [3.63, 3.8) is 0 Å². The highest BCUT2D eigenvalue weighted by Gasteiger charge is 2.28. The Kier molecular flexibility index (Phi) is 5.07. The molecule has 0 radical (unpaired) electrons. The number of hydrogen-bond donors (Lipinski definition) is 1. The molecule has 0 bridgehead atoms. The first kappa shape index (κ1) is 17.3. The van der Waals surface area contributed by atoms with E-state index in [2.05, 4.69) is 51.4 Å². The summed E-state index contributed by atoms with van der Waals surface area (Å²) in [4.78, 5) is 11.6. The number of nitrogens with zero attached hydrogens (tertiary/aromatic N) is 3. The summed E-state index contributed by atoms with van der Waals surface area (Å²) in [6.07, 6.45) is 4.40. The van der Waals surface area contributed by atoms with E-state index in [1.54, 1.807) is 0 Å². The molecule has 26 heavy (non-hydrogen) atoms. The van der Waals surface area contributed by atoms with Crippen molar-refractivity contribution in [3.05, 3.63) is 47.4 Å². The fraction of sp³-hybridized carbons (Fsp3) is 0.524. The van der Waals surface area contributed by atoms with Gasteiger partial charge in [0, 0.05) is 36.5 Å². The highest BCUT2D eigenvalue weighted by Crippen LogP contribution is 2.32. The number of nitrogens with one attached hydrogen (secondary N) is 1. The summed E-state index contributed by atoms with van der Waals surface area (Å²) < 4.78 is 5.80. The lowest BCUT2D eigenvalue weighted by Crippen LogP contribution is -2.44. The van der Waals surface area contributed by atoms with Gasteiger partial charge in [-0.1, -0.05) is 31.5 Å². The lowest BCUT2D eigenvalue weighted by atomic mass is 10.0. The van der Waals surface area contributed by atoms with Crippen LogP contribution in [0.5, 0.6) is 5.75 Å². The lowest BCUT2D eigenvalue weighted by Gasteiger charge is -2.34. The fourth-order valence-corrected chi connectivity index (χ4v) is 4.02. The SMILES string of the molecule is CCCc1cc(N2CCC(N[C@@H]3COc4ccccc43)CC2)nc(C)n1. The second-order valence-corrected chi connectivity index (χ2v) is 7.34. The van der Waals surface area contributed by atoms with E-state index in [1.807, 2.05) is 13.0 Å². The summed E-state index contributed by atoms with van der Waals surface area (Å²) >= 11 is 0. The Morgan fingerprint density at radius 3 is 2.81 bits per heavy atom. The molecule has 0 unspecified atom stereocenters. The van der Waals surface area contributed by atoms with Gasteiger partial charge in [-0.15, -0.1) is 0 Å². The van der Waals surface area contributed by atoms with E-state index in [0.717, 1.165) is 68.5 Å². The standard InChI is InChI=1S/C21H28N4O/c1-3-6-17-13-21(23-15(2)22-17)25-11-9-16(10-12-25)24-19-14-26-20-8-5-4-7-18(19)20/h4-5,7-8,13,16,19,24H,3,6,9-12,14H2,1-2H3/t19-/m1/s1. The molecule has 1 saturated heterocycles. The maximum absolute atomic E-state index is 5.80. The van der Waals surface area contributed by atoms with Crippen LogP contribution in [-0.4, -0.2) is 35.7 Å². The van der Waals surface area contributed by atoms with Crippen molar-refractivity contribution >= 4 is 5.82 Å². The summed E-state index contributed by atoms with van der Waals surface area (Å²) in [6.45, 7) is 7.00. The van der Waals surface area contributed by atoms with Crippen molar-refractivity contribution < 1.29 is 4.74 Å². The second kappa shape index (κ2) is 7.62. The molecule has 5 heteroatoms. The zero-order valence-corrected chi connectivity index (χ0v) is 15.7. The molecule has 2 aromatic rings. The number of aromatic nitrogens is 2. The van der Waals surface area contributed by atoms with Crippen LogP contribution >= 0.6 is 0 Å². The Balaban J connectivity index is 1.36. The average molecular weight is 352 g/mol. The third kappa shape index (κ3) is 3.68. The minimum Gasteiger partial charge on any atom is -0.491 e. The first-order valence-electron chi connectivity index (χ1n) is 9.80. The monoisotopic (exact) mass is 352 g/mol. The van der Waals surface area contributed by atoms with E-state index < -0.39 is 0 Å². The summed E-state index contributed by atoms with van der Waals surface area (Å²) in [5.74, 6) is 3.00. The van der Waals surface area contributed by atoms with E-state index in [1.165, 1.54) is 5.56 Å². The van der Waals surface area contributed by atoms with Crippen LogP contribution in [0.15, 0.2) is 30.3 Å². The molecule has 3 heterocycles. The van der Waals surface area contributed by atoms with Crippen molar-refractivity contribution in [2.24, 2.45) is 0 Å². The largest absolute Gasteiger partial charge is 0.491 e. The van der Waals surface area contributed by atoms with Crippen LogP contribution in [0.3, 0.4) is 0 Å². The van der Waals surface area contributed by atoms with Crippen molar-refractivity contribution in [1.29, 1.82) is 0 Å². The van der Waals surface area contributed by atoms with Crippen LogP contribution in [0.1, 0.15) is 49.3 Å². The molecule has 1 atom stereocenters. The first-order valence-corrected chi connectivity index (χ1v) is 9.80. The Hall–Kier alpha value is -2.14. The summed E-state index contributed by atoms with van der Waals surface area (Å²) in [6, 6.07) is 11.4. The molecule has 138 valence electrons. The number of benzene rings is 1. The maximum atomic E-state index is 5.80. The molecule has 0 spiro atoms. The molecule has 2 aliphatic rings. The molecule has 1 fully saturated rings. The highest BCUT2D eigenvalue weighted by atomic mass is 16.5. The van der Waals surface area contributed by atoms with Crippen molar-refractivity contribution in [1.82, 2.24) is 15.3 Å². The van der Waals surface area contributed by atoms with E-state index in [-0.39, 0.29) is 0 Å². The van der Waals surface area contributed by atoms with E-state index in [4.69, 9.17) is 4.74 Å². The number of aryl methyl sites for hydroxylation is 2. The third-order valence-electron chi connectivity index (χ3n) is 5.34. The third-order valence-corrected chi connectivity index (χ3v) is 5.34. The quantitative estimate of drug-likeness (QED) is 0.893. The van der Waals surface area contributed by atoms with Gasteiger partial charge in [0.25, 0.3) is 0 Å². The molecule has 1 N–H and O–H groups in total. The molecule has 0 saturated carbocycles. The van der Waals surface area contributed by atoms with Crippen LogP contribution in [0.4, 0.5) is 5.82 Å². The van der Waals surface area contributed by atoms with Gasteiger partial charge in [-0.25, -0.2) is 9.97 Å². The number of fused-ring (bicyclic) bond motifs is 1. The van der Waals surface area contributed by atoms with E-state index >= 15 is 0 Å². The minimum absolute atomic E-state index is 0.320. The fourth-order valence-electron chi connectivity index (χ4n) is 4.02. The van der Waals surface area contributed by atoms with Gasteiger partial charge in [-0.2, -0.15) is 0 Å². The predicted molar refractivity (Wildman–Crippen MR) is 104 cm³/mol. The van der Waals surface area contributed by atoms with Crippen molar-refractivity contribution in [3.8, 4) is 5.75 Å². The molecule has 5 nitrogen and oxygen atoms in total. The number of para-hydroxylation sites is 1. The number of anilines is 1.